The lowest BCUT2D eigenvalue weighted by atomic mass is 9.91. The molecule has 2 saturated heterocycles. The van der Waals surface area contributed by atoms with E-state index >= 15 is 0 Å². The Morgan fingerprint density at radius 2 is 2.00 bits per heavy atom. The smallest absolute Gasteiger partial charge is 0.265 e. The fourth-order valence-electron chi connectivity index (χ4n) is 3.10. The fraction of sp³-hybridized carbons (Fsp3) is 0.714. The molecule has 0 spiro atoms. The number of hydrogen-bond donors (Lipinski definition) is 1. The highest BCUT2D eigenvalue weighted by Crippen LogP contribution is 2.32. The summed E-state index contributed by atoms with van der Waals surface area (Å²) in [5.41, 5.74) is 2.67. The number of likely N-dealkylation sites (tertiary alicyclic amines) is 1. The Morgan fingerprint density at radius 1 is 1.37 bits per heavy atom. The molecule has 3 heterocycles. The van der Waals surface area contributed by atoms with Crippen LogP contribution in [0.5, 0.6) is 0 Å². The molecule has 0 bridgehead atoms. The minimum atomic E-state index is -0.0673. The lowest BCUT2D eigenvalue weighted by molar-refractivity contribution is 0.0784. The van der Waals surface area contributed by atoms with Gasteiger partial charge in [-0.05, 0) is 11.8 Å². The number of carbonyl (C=O) groups excluding carboxylic acids is 1. The summed E-state index contributed by atoms with van der Waals surface area (Å²) in [5.74, 6) is 1.48. The maximum atomic E-state index is 12.7. The minimum Gasteiger partial charge on any atom is -0.337 e. The fourth-order valence-corrected chi connectivity index (χ4v) is 4.06. The van der Waals surface area contributed by atoms with Gasteiger partial charge >= 0.3 is 0 Å². The van der Waals surface area contributed by atoms with Crippen LogP contribution in [0, 0.1) is 11.8 Å². The molecule has 1 N–H and O–H groups in total. The molecule has 0 aromatic carbocycles. The van der Waals surface area contributed by atoms with Crippen LogP contribution in [-0.2, 0) is 5.41 Å². The van der Waals surface area contributed by atoms with Crippen molar-refractivity contribution in [1.29, 1.82) is 0 Å². The Hall–Kier alpha value is -0.940. The molecule has 2 aliphatic heterocycles. The van der Waals surface area contributed by atoms with Gasteiger partial charge in [0, 0.05) is 31.6 Å². The molecule has 2 atom stereocenters. The normalized spacial score (nSPS) is 26.8. The van der Waals surface area contributed by atoms with Crippen LogP contribution < -0.4 is 5.32 Å². The number of nitrogens with one attached hydrogen (secondary N) is 1. The summed E-state index contributed by atoms with van der Waals surface area (Å²) in [6, 6.07) is 0. The number of amides is 1. The van der Waals surface area contributed by atoms with Crippen LogP contribution in [0.4, 0.5) is 0 Å². The SMILES string of the molecule is CC(C)(C)c1ncsc1C(=O)N1C[C@H]2CNC[C@H]2C1. The number of rotatable bonds is 1. The Kier molecular flexibility index (Phi) is 3.14. The molecule has 1 aromatic rings. The van der Waals surface area contributed by atoms with Gasteiger partial charge in [-0.1, -0.05) is 20.8 Å². The molecular formula is C14H21N3OS. The third kappa shape index (κ3) is 2.30. The van der Waals surface area contributed by atoms with Crippen LogP contribution in [-0.4, -0.2) is 42.0 Å². The molecule has 1 amide bonds. The summed E-state index contributed by atoms with van der Waals surface area (Å²) >= 11 is 1.48. The molecule has 0 unspecified atom stereocenters. The lowest BCUT2D eigenvalue weighted by Crippen LogP contribution is -2.32. The first-order valence-corrected chi connectivity index (χ1v) is 7.78. The number of hydrogen-bond acceptors (Lipinski definition) is 4. The van der Waals surface area contributed by atoms with Crippen molar-refractivity contribution in [1.82, 2.24) is 15.2 Å². The van der Waals surface area contributed by atoms with Crippen LogP contribution in [0.3, 0.4) is 0 Å². The quantitative estimate of drug-likeness (QED) is 0.851. The van der Waals surface area contributed by atoms with Gasteiger partial charge in [0.15, 0.2) is 0 Å². The summed E-state index contributed by atoms with van der Waals surface area (Å²) in [6.07, 6.45) is 0. The zero-order chi connectivity index (χ0) is 13.6. The first kappa shape index (κ1) is 13.1. The molecule has 104 valence electrons. The predicted molar refractivity (Wildman–Crippen MR) is 76.6 cm³/mol. The van der Waals surface area contributed by atoms with Crippen LogP contribution in [0.25, 0.3) is 0 Å². The van der Waals surface area contributed by atoms with Gasteiger partial charge in [-0.25, -0.2) is 4.98 Å². The van der Waals surface area contributed by atoms with Crippen LogP contribution in [0.15, 0.2) is 5.51 Å². The van der Waals surface area contributed by atoms with E-state index in [-0.39, 0.29) is 11.3 Å². The average molecular weight is 279 g/mol. The number of thiazole rings is 1. The Morgan fingerprint density at radius 3 is 2.58 bits per heavy atom. The Labute approximate surface area is 118 Å². The van der Waals surface area contributed by atoms with Crippen molar-refractivity contribution < 1.29 is 4.79 Å². The molecule has 19 heavy (non-hydrogen) atoms. The van der Waals surface area contributed by atoms with E-state index in [1.54, 1.807) is 5.51 Å². The third-order valence-corrected chi connectivity index (χ3v) is 4.96. The van der Waals surface area contributed by atoms with Crippen LogP contribution in [0.2, 0.25) is 0 Å². The molecule has 0 aliphatic carbocycles. The van der Waals surface area contributed by atoms with E-state index in [2.05, 4.69) is 31.1 Å². The van der Waals surface area contributed by atoms with Crippen molar-refractivity contribution in [2.45, 2.75) is 26.2 Å². The van der Waals surface area contributed by atoms with Crippen molar-refractivity contribution in [2.75, 3.05) is 26.2 Å². The number of fused-ring (bicyclic) bond motifs is 1. The van der Waals surface area contributed by atoms with Gasteiger partial charge in [0.25, 0.3) is 5.91 Å². The largest absolute Gasteiger partial charge is 0.337 e. The molecule has 0 radical (unpaired) electrons. The molecule has 5 heteroatoms. The number of aromatic nitrogens is 1. The Balaban J connectivity index is 1.80. The summed E-state index contributed by atoms with van der Waals surface area (Å²) in [5, 5.41) is 3.41. The van der Waals surface area contributed by atoms with Gasteiger partial charge in [0.1, 0.15) is 4.88 Å². The second-order valence-electron chi connectivity index (χ2n) is 6.67. The van der Waals surface area contributed by atoms with E-state index in [9.17, 15) is 4.79 Å². The van der Waals surface area contributed by atoms with Gasteiger partial charge in [-0.15, -0.1) is 11.3 Å². The number of carbonyl (C=O) groups is 1. The van der Waals surface area contributed by atoms with Gasteiger partial charge in [0.2, 0.25) is 0 Å². The van der Waals surface area contributed by atoms with Gasteiger partial charge < -0.3 is 10.2 Å². The summed E-state index contributed by atoms with van der Waals surface area (Å²) < 4.78 is 0. The van der Waals surface area contributed by atoms with Crippen molar-refractivity contribution in [3.8, 4) is 0 Å². The van der Waals surface area contributed by atoms with E-state index in [1.807, 2.05) is 4.90 Å². The van der Waals surface area contributed by atoms with E-state index in [4.69, 9.17) is 0 Å². The predicted octanol–water partition coefficient (Wildman–Crippen LogP) is 1.73. The highest BCUT2D eigenvalue weighted by atomic mass is 32.1. The molecule has 2 fully saturated rings. The Bertz CT molecular complexity index is 479. The zero-order valence-corrected chi connectivity index (χ0v) is 12.6. The lowest BCUT2D eigenvalue weighted by Gasteiger charge is -2.21. The van der Waals surface area contributed by atoms with Gasteiger partial charge in [0.05, 0.1) is 11.2 Å². The maximum Gasteiger partial charge on any atom is 0.265 e. The van der Waals surface area contributed by atoms with Crippen molar-refractivity contribution in [2.24, 2.45) is 11.8 Å². The van der Waals surface area contributed by atoms with E-state index < -0.39 is 0 Å². The summed E-state index contributed by atoms with van der Waals surface area (Å²) in [7, 11) is 0. The topological polar surface area (TPSA) is 45.2 Å². The first-order chi connectivity index (χ1) is 8.97. The highest BCUT2D eigenvalue weighted by molar-refractivity contribution is 7.11. The van der Waals surface area contributed by atoms with Gasteiger partial charge in [-0.3, -0.25) is 4.79 Å². The molecule has 1 aromatic heterocycles. The average Bonchev–Trinajstić information content (AvgIpc) is 3.01. The third-order valence-electron chi connectivity index (χ3n) is 4.15. The second-order valence-corrected chi connectivity index (χ2v) is 7.52. The number of nitrogens with zero attached hydrogens (tertiary/aromatic N) is 2. The van der Waals surface area contributed by atoms with Gasteiger partial charge in [-0.2, -0.15) is 0 Å². The van der Waals surface area contributed by atoms with Crippen LogP contribution in [0.1, 0.15) is 36.1 Å². The summed E-state index contributed by atoms with van der Waals surface area (Å²) in [4.78, 5) is 20.0. The highest BCUT2D eigenvalue weighted by Gasteiger charge is 2.39. The molecule has 4 nitrogen and oxygen atoms in total. The second kappa shape index (κ2) is 4.56. The molecule has 2 aliphatic rings. The molecule has 0 saturated carbocycles. The summed E-state index contributed by atoms with van der Waals surface area (Å²) in [6.45, 7) is 10.3. The zero-order valence-electron chi connectivity index (χ0n) is 11.8. The van der Waals surface area contributed by atoms with E-state index in [0.717, 1.165) is 36.8 Å². The van der Waals surface area contributed by atoms with Crippen molar-refractivity contribution in [3.63, 3.8) is 0 Å². The van der Waals surface area contributed by atoms with E-state index in [1.165, 1.54) is 11.3 Å². The standard InChI is InChI=1S/C14H21N3OS/c1-14(2,3)12-11(19-8-16-12)13(18)17-6-9-4-15-5-10(9)7-17/h8-10,15H,4-7H2,1-3H3/t9-,10+. The van der Waals surface area contributed by atoms with E-state index in [0.29, 0.717) is 11.8 Å². The van der Waals surface area contributed by atoms with Crippen LogP contribution >= 0.6 is 11.3 Å². The molecular weight excluding hydrogens is 258 g/mol. The molecule has 3 rings (SSSR count). The first-order valence-electron chi connectivity index (χ1n) is 6.91. The van der Waals surface area contributed by atoms with Crippen molar-refractivity contribution in [3.05, 3.63) is 16.1 Å². The van der Waals surface area contributed by atoms with Crippen molar-refractivity contribution >= 4 is 17.2 Å². The maximum absolute atomic E-state index is 12.7. The minimum absolute atomic E-state index is 0.0673. The monoisotopic (exact) mass is 279 g/mol.